The van der Waals surface area contributed by atoms with E-state index in [9.17, 15) is 0 Å². The van der Waals surface area contributed by atoms with Gasteiger partial charge >= 0.3 is 0 Å². The Morgan fingerprint density at radius 1 is 1.29 bits per heavy atom. The highest BCUT2D eigenvalue weighted by Gasteiger charge is 2.12. The Morgan fingerprint density at radius 3 is 3.08 bits per heavy atom. The monoisotopic (exact) mass is 324 g/mol. The summed E-state index contributed by atoms with van der Waals surface area (Å²) in [6, 6.07) is 2.19. The average Bonchev–Trinajstić information content (AvgIpc) is 3.12. The predicted octanol–water partition coefficient (Wildman–Crippen LogP) is 2.14. The molecule has 126 valence electrons. The van der Waals surface area contributed by atoms with Crippen LogP contribution in [0, 0.1) is 6.92 Å². The molecule has 0 fully saturated rings. The minimum absolute atomic E-state index is 0.824. The molecule has 0 unspecified atom stereocenters. The van der Waals surface area contributed by atoms with Crippen LogP contribution in [0.1, 0.15) is 35.6 Å². The molecule has 3 aromatic rings. The molecule has 4 heterocycles. The first-order valence-corrected chi connectivity index (χ1v) is 8.74. The van der Waals surface area contributed by atoms with Crippen LogP contribution in [-0.4, -0.2) is 30.9 Å². The fourth-order valence-corrected chi connectivity index (χ4v) is 3.49. The van der Waals surface area contributed by atoms with E-state index in [1.165, 1.54) is 29.9 Å². The number of fused-ring (bicyclic) bond motifs is 2. The first-order chi connectivity index (χ1) is 11.7. The van der Waals surface area contributed by atoms with Crippen LogP contribution in [0.25, 0.3) is 11.0 Å². The number of hydrogen-bond acceptors (Lipinski definition) is 4. The Bertz CT molecular complexity index is 836. The molecular weight excluding hydrogens is 300 g/mol. The number of nitrogens with zero attached hydrogens (tertiary/aromatic N) is 5. The molecule has 0 bridgehead atoms. The molecule has 0 spiro atoms. The zero-order chi connectivity index (χ0) is 16.5. The van der Waals surface area contributed by atoms with Crippen molar-refractivity contribution in [1.82, 2.24) is 29.6 Å². The molecular formula is C18H24N6. The summed E-state index contributed by atoms with van der Waals surface area (Å²) in [5.41, 5.74) is 4.38. The zero-order valence-corrected chi connectivity index (χ0v) is 14.4. The van der Waals surface area contributed by atoms with Crippen molar-refractivity contribution in [3.8, 4) is 0 Å². The smallest absolute Gasteiger partial charge is 0.157 e. The topological polar surface area (TPSA) is 60.6 Å². The van der Waals surface area contributed by atoms with E-state index in [2.05, 4.69) is 32.2 Å². The Hall–Kier alpha value is -2.21. The van der Waals surface area contributed by atoms with Gasteiger partial charge in [-0.3, -0.25) is 4.68 Å². The second-order valence-corrected chi connectivity index (χ2v) is 6.65. The second-order valence-electron chi connectivity index (χ2n) is 6.65. The van der Waals surface area contributed by atoms with Crippen molar-refractivity contribution in [3.05, 3.63) is 41.2 Å². The normalized spacial score (nSPS) is 14.2. The summed E-state index contributed by atoms with van der Waals surface area (Å²) in [5, 5.41) is 9.06. The Balaban J connectivity index is 1.34. The van der Waals surface area contributed by atoms with Crippen molar-refractivity contribution in [2.75, 3.05) is 6.54 Å². The number of rotatable bonds is 5. The maximum absolute atomic E-state index is 4.75. The third kappa shape index (κ3) is 2.94. The van der Waals surface area contributed by atoms with E-state index in [1.807, 2.05) is 24.9 Å². The van der Waals surface area contributed by atoms with Crippen LogP contribution in [0.2, 0.25) is 0 Å². The number of imidazole rings is 1. The molecule has 6 nitrogen and oxygen atoms in total. The third-order valence-corrected chi connectivity index (χ3v) is 4.77. The number of pyridine rings is 1. The first kappa shape index (κ1) is 15.3. The van der Waals surface area contributed by atoms with Crippen LogP contribution in [0.5, 0.6) is 0 Å². The number of aryl methyl sites for hydroxylation is 4. The molecule has 0 atom stereocenters. The molecule has 1 aliphatic rings. The molecule has 1 aliphatic heterocycles. The van der Waals surface area contributed by atoms with Crippen molar-refractivity contribution in [1.29, 1.82) is 0 Å². The lowest BCUT2D eigenvalue weighted by Gasteiger charge is -2.11. The molecule has 0 saturated carbocycles. The lowest BCUT2D eigenvalue weighted by atomic mass is 10.2. The second kappa shape index (κ2) is 6.36. The summed E-state index contributed by atoms with van der Waals surface area (Å²) in [6.45, 7) is 4.92. The van der Waals surface area contributed by atoms with E-state index in [0.29, 0.717) is 0 Å². The van der Waals surface area contributed by atoms with Gasteiger partial charge in [0.25, 0.3) is 0 Å². The van der Waals surface area contributed by atoms with E-state index in [4.69, 9.17) is 4.98 Å². The molecule has 0 amide bonds. The van der Waals surface area contributed by atoms with E-state index < -0.39 is 0 Å². The van der Waals surface area contributed by atoms with Gasteiger partial charge in [0, 0.05) is 57.3 Å². The van der Waals surface area contributed by atoms with Gasteiger partial charge in [0.2, 0.25) is 0 Å². The van der Waals surface area contributed by atoms with E-state index in [0.717, 1.165) is 49.2 Å². The summed E-state index contributed by atoms with van der Waals surface area (Å²) in [7, 11) is 1.94. The lowest BCUT2D eigenvalue weighted by molar-refractivity contribution is 0.522. The minimum atomic E-state index is 0.824. The quantitative estimate of drug-likeness (QED) is 0.731. The summed E-state index contributed by atoms with van der Waals surface area (Å²) in [6.07, 6.45) is 8.82. The van der Waals surface area contributed by atoms with Crippen LogP contribution in [-0.2, 0) is 33.0 Å². The van der Waals surface area contributed by atoms with Crippen LogP contribution in [0.15, 0.2) is 18.5 Å². The van der Waals surface area contributed by atoms with Gasteiger partial charge in [0.05, 0.1) is 11.4 Å². The zero-order valence-electron chi connectivity index (χ0n) is 14.4. The molecule has 6 heteroatoms. The largest absolute Gasteiger partial charge is 0.335 e. The van der Waals surface area contributed by atoms with Gasteiger partial charge in [-0.2, -0.15) is 5.10 Å². The van der Waals surface area contributed by atoms with Crippen LogP contribution in [0.4, 0.5) is 0 Å². The van der Waals surface area contributed by atoms with Gasteiger partial charge in [0.1, 0.15) is 5.82 Å². The summed E-state index contributed by atoms with van der Waals surface area (Å²) in [5.74, 6) is 1.26. The Kier molecular flexibility index (Phi) is 4.06. The molecule has 0 saturated heterocycles. The first-order valence-electron chi connectivity index (χ1n) is 8.74. The Morgan fingerprint density at radius 2 is 2.21 bits per heavy atom. The van der Waals surface area contributed by atoms with Gasteiger partial charge < -0.3 is 9.88 Å². The summed E-state index contributed by atoms with van der Waals surface area (Å²) < 4.78 is 4.16. The molecule has 1 N–H and O–H groups in total. The maximum Gasteiger partial charge on any atom is 0.157 e. The third-order valence-electron chi connectivity index (χ3n) is 4.77. The highest BCUT2D eigenvalue weighted by Crippen LogP contribution is 2.17. The molecule has 0 aromatic carbocycles. The van der Waals surface area contributed by atoms with Gasteiger partial charge in [0.15, 0.2) is 5.65 Å². The van der Waals surface area contributed by atoms with Crippen molar-refractivity contribution < 1.29 is 0 Å². The molecule has 0 aliphatic carbocycles. The lowest BCUT2D eigenvalue weighted by Crippen LogP contribution is -2.17. The van der Waals surface area contributed by atoms with Gasteiger partial charge in [-0.15, -0.1) is 0 Å². The number of aromatic nitrogens is 5. The van der Waals surface area contributed by atoms with Crippen molar-refractivity contribution in [2.45, 2.75) is 45.7 Å². The minimum Gasteiger partial charge on any atom is -0.335 e. The van der Waals surface area contributed by atoms with Gasteiger partial charge in [-0.05, 0) is 31.4 Å². The van der Waals surface area contributed by atoms with Crippen molar-refractivity contribution in [2.24, 2.45) is 7.05 Å². The molecule has 4 rings (SSSR count). The molecule has 3 aromatic heterocycles. The fourth-order valence-electron chi connectivity index (χ4n) is 3.49. The highest BCUT2D eigenvalue weighted by atomic mass is 15.3. The van der Waals surface area contributed by atoms with E-state index in [1.54, 1.807) is 0 Å². The van der Waals surface area contributed by atoms with Crippen LogP contribution in [0.3, 0.4) is 0 Å². The number of nitrogens with one attached hydrogen (secondary N) is 1. The highest BCUT2D eigenvalue weighted by molar-refractivity contribution is 5.78. The van der Waals surface area contributed by atoms with E-state index in [-0.39, 0.29) is 0 Å². The summed E-state index contributed by atoms with van der Waals surface area (Å²) >= 11 is 0. The Labute approximate surface area is 141 Å². The van der Waals surface area contributed by atoms with Gasteiger partial charge in [-0.25, -0.2) is 9.97 Å². The van der Waals surface area contributed by atoms with Crippen molar-refractivity contribution >= 4 is 11.0 Å². The van der Waals surface area contributed by atoms with Gasteiger partial charge in [-0.1, -0.05) is 0 Å². The SMILES string of the molecule is Cc1nn(C)c2ncc(CNCCc3cn4c(n3)CCCC4)cc12. The molecule has 24 heavy (non-hydrogen) atoms. The molecule has 0 radical (unpaired) electrons. The summed E-state index contributed by atoms with van der Waals surface area (Å²) in [4.78, 5) is 9.28. The maximum atomic E-state index is 4.75. The van der Waals surface area contributed by atoms with Crippen molar-refractivity contribution in [3.63, 3.8) is 0 Å². The predicted molar refractivity (Wildman–Crippen MR) is 93.8 cm³/mol. The van der Waals surface area contributed by atoms with Crippen LogP contribution < -0.4 is 5.32 Å². The number of hydrogen-bond donors (Lipinski definition) is 1. The fraction of sp³-hybridized carbons (Fsp3) is 0.500. The van der Waals surface area contributed by atoms with E-state index >= 15 is 0 Å². The average molecular weight is 324 g/mol. The standard InChI is InChI=1S/C18H24N6/c1-13-16-9-14(11-20-18(16)23(2)22-13)10-19-7-6-15-12-24-8-4-3-5-17(24)21-15/h9,11-12,19H,3-8,10H2,1-2H3. The van der Waals surface area contributed by atoms with Crippen LogP contribution >= 0.6 is 0 Å².